The first kappa shape index (κ1) is 24.4. The third-order valence-electron chi connectivity index (χ3n) is 0. The summed E-state index contributed by atoms with van der Waals surface area (Å²) in [4.78, 5) is 43.1. The van der Waals surface area contributed by atoms with E-state index in [-0.39, 0.29) is 0 Å². The van der Waals surface area contributed by atoms with Crippen molar-refractivity contribution in [2.45, 2.75) is 34.1 Å². The zero-order valence-electron chi connectivity index (χ0n) is 9.10. The van der Waals surface area contributed by atoms with Gasteiger partial charge in [0.1, 0.15) is 0 Å². The molecule has 8 nitrogen and oxygen atoms in total. The van der Waals surface area contributed by atoms with Crippen molar-refractivity contribution >= 4 is 15.6 Å². The molecule has 0 aromatic rings. The summed E-state index contributed by atoms with van der Waals surface area (Å²) in [5, 5.41) is 0. The molecule has 0 aromatic heterocycles. The van der Waals surface area contributed by atoms with Crippen LogP contribution >= 0.6 is 15.6 Å². The van der Waals surface area contributed by atoms with Gasteiger partial charge in [-0.1, -0.05) is 34.1 Å². The van der Waals surface area contributed by atoms with Gasteiger partial charge in [0.2, 0.25) is 0 Å². The maximum atomic E-state index is 8.88. The quantitative estimate of drug-likeness (QED) is 0.349. The van der Waals surface area contributed by atoms with Gasteiger partial charge in [-0.25, -0.2) is 9.13 Å². The molecule has 0 unspecified atom stereocenters. The minimum atomic E-state index is -4.64. The molecule has 0 aliphatic heterocycles. The molecule has 0 atom stereocenters. The van der Waals surface area contributed by atoms with E-state index in [1.807, 2.05) is 13.8 Å². The lowest BCUT2D eigenvalue weighted by molar-refractivity contribution is 0.272. The Labute approximate surface area is 89.1 Å². The van der Waals surface area contributed by atoms with Crippen LogP contribution in [-0.2, 0) is 9.13 Å². The van der Waals surface area contributed by atoms with E-state index in [0.717, 1.165) is 0 Å². The Morgan fingerprint density at radius 1 is 0.733 bits per heavy atom. The van der Waals surface area contributed by atoms with Crippen LogP contribution in [0.15, 0.2) is 0 Å². The lowest BCUT2D eigenvalue weighted by atomic mass is 10.6. The number of rotatable bonds is 0. The van der Waals surface area contributed by atoms with Crippen molar-refractivity contribution in [3.63, 3.8) is 0 Å². The molecule has 0 aromatic carbocycles. The summed E-state index contributed by atoms with van der Waals surface area (Å²) < 4.78 is 17.8. The summed E-state index contributed by atoms with van der Waals surface area (Å²) in [7, 11) is -9.28. The van der Waals surface area contributed by atoms with E-state index in [1.165, 1.54) is 6.42 Å². The predicted octanol–water partition coefficient (Wildman–Crippen LogP) is 0.585. The minimum Gasteiger partial charge on any atom is -0.303 e. The molecule has 0 saturated heterocycles. The first-order valence-electron chi connectivity index (χ1n) is 3.98. The van der Waals surface area contributed by atoms with Crippen LogP contribution in [0, 0.1) is 0 Å². The molecule has 0 bridgehead atoms. The Balaban J connectivity index is -0.0000000574. The van der Waals surface area contributed by atoms with E-state index in [0.29, 0.717) is 0 Å². The first-order valence-corrected chi connectivity index (χ1v) is 7.11. The molecule has 0 aliphatic rings. The Morgan fingerprint density at radius 3 is 0.733 bits per heavy atom. The molecule has 0 fully saturated rings. The maximum Gasteiger partial charge on any atom is 0.466 e. The van der Waals surface area contributed by atoms with Crippen LogP contribution in [0.5, 0.6) is 0 Å². The van der Waals surface area contributed by atoms with Gasteiger partial charge < -0.3 is 29.4 Å². The van der Waals surface area contributed by atoms with Crippen molar-refractivity contribution in [3.05, 3.63) is 0 Å². The molecule has 0 heterocycles. The van der Waals surface area contributed by atoms with Crippen LogP contribution in [-0.4, -0.2) is 29.4 Å². The van der Waals surface area contributed by atoms with Crippen LogP contribution in [0.25, 0.3) is 0 Å². The molecule has 0 saturated carbocycles. The fourth-order valence-electron chi connectivity index (χ4n) is 0. The zero-order valence-corrected chi connectivity index (χ0v) is 10.9. The molecule has 15 heavy (non-hydrogen) atoms. The van der Waals surface area contributed by atoms with Crippen molar-refractivity contribution < 1.29 is 38.5 Å². The van der Waals surface area contributed by atoms with Gasteiger partial charge in [0, 0.05) is 0 Å². The summed E-state index contributed by atoms with van der Waals surface area (Å²) in [5.74, 6) is 0. The summed E-state index contributed by atoms with van der Waals surface area (Å²) >= 11 is 0. The highest BCUT2D eigenvalue weighted by Crippen LogP contribution is 2.26. The lowest BCUT2D eigenvalue weighted by Crippen LogP contribution is -1.66. The Kier molecular flexibility index (Phi) is 23.2. The third-order valence-corrected chi connectivity index (χ3v) is 0. The number of phosphoric acid groups is 2. The van der Waals surface area contributed by atoms with Gasteiger partial charge in [-0.15, -0.1) is 0 Å². The normalized spacial score (nSPS) is 9.47. The second-order valence-electron chi connectivity index (χ2n) is 1.73. The van der Waals surface area contributed by atoms with Gasteiger partial charge in [-0.3, -0.25) is 0 Å². The molecule has 6 N–H and O–H groups in total. The highest BCUT2D eigenvalue weighted by Gasteiger charge is 2.00. The van der Waals surface area contributed by atoms with Crippen molar-refractivity contribution in [2.24, 2.45) is 0 Å². The molecule has 98 valence electrons. The molecule has 0 aliphatic carbocycles. The van der Waals surface area contributed by atoms with Crippen LogP contribution < -0.4 is 0 Å². The molecule has 0 amide bonds. The lowest BCUT2D eigenvalue weighted by Gasteiger charge is -1.82. The monoisotopic (exact) mass is 270 g/mol. The minimum absolute atomic E-state index is 1.25. The zero-order chi connectivity index (χ0) is 13.7. The Morgan fingerprint density at radius 2 is 0.733 bits per heavy atom. The van der Waals surface area contributed by atoms with Crippen molar-refractivity contribution in [3.8, 4) is 0 Å². The largest absolute Gasteiger partial charge is 0.466 e. The van der Waals surface area contributed by atoms with E-state index in [9.17, 15) is 0 Å². The van der Waals surface area contributed by atoms with Crippen molar-refractivity contribution in [2.75, 3.05) is 0 Å². The van der Waals surface area contributed by atoms with Crippen LogP contribution in [0.3, 0.4) is 0 Å². The molecular formula is C5H20O8P2. The highest BCUT2D eigenvalue weighted by molar-refractivity contribution is 7.45. The van der Waals surface area contributed by atoms with Gasteiger partial charge in [0.05, 0.1) is 0 Å². The van der Waals surface area contributed by atoms with E-state index < -0.39 is 15.6 Å². The first-order chi connectivity index (χ1) is 6.41. The maximum absolute atomic E-state index is 8.88. The van der Waals surface area contributed by atoms with Gasteiger partial charge in [-0.2, -0.15) is 0 Å². The molecule has 10 heteroatoms. The molecular weight excluding hydrogens is 250 g/mol. The SMILES string of the molecule is CC.CCC.O=P(O)(O)O.O=P(O)(O)O. The van der Waals surface area contributed by atoms with Crippen LogP contribution in [0.1, 0.15) is 34.1 Å². The summed E-state index contributed by atoms with van der Waals surface area (Å²) in [5.41, 5.74) is 0. The van der Waals surface area contributed by atoms with E-state index >= 15 is 0 Å². The van der Waals surface area contributed by atoms with Gasteiger partial charge >= 0.3 is 15.6 Å². The second kappa shape index (κ2) is 14.2. The summed E-state index contributed by atoms with van der Waals surface area (Å²) in [6.07, 6.45) is 1.25. The van der Waals surface area contributed by atoms with E-state index in [1.54, 1.807) is 0 Å². The van der Waals surface area contributed by atoms with E-state index in [4.69, 9.17) is 38.5 Å². The molecule has 0 rings (SSSR count). The fraction of sp³-hybridized carbons (Fsp3) is 1.00. The summed E-state index contributed by atoms with van der Waals surface area (Å²) in [6.45, 7) is 8.25. The Bertz CT molecular complexity index is 145. The topological polar surface area (TPSA) is 156 Å². The van der Waals surface area contributed by atoms with Crippen molar-refractivity contribution in [1.29, 1.82) is 0 Å². The van der Waals surface area contributed by atoms with Gasteiger partial charge in [-0.05, 0) is 0 Å². The molecule has 0 radical (unpaired) electrons. The number of hydrogen-bond donors (Lipinski definition) is 6. The fourth-order valence-corrected chi connectivity index (χ4v) is 0. The number of hydrogen-bond acceptors (Lipinski definition) is 2. The highest BCUT2D eigenvalue weighted by atomic mass is 31.2. The van der Waals surface area contributed by atoms with E-state index in [2.05, 4.69) is 13.8 Å². The van der Waals surface area contributed by atoms with Crippen molar-refractivity contribution in [1.82, 2.24) is 0 Å². The second-order valence-corrected chi connectivity index (χ2v) is 3.79. The standard InChI is InChI=1S/C3H8.C2H6.2H3O4P/c1-3-2;1-2;2*1-5(2,3)4/h3H2,1-2H3;1-2H3;2*(H3,1,2,3,4). The smallest absolute Gasteiger partial charge is 0.303 e. The van der Waals surface area contributed by atoms with Gasteiger partial charge in [0.25, 0.3) is 0 Å². The third kappa shape index (κ3) is 43900. The van der Waals surface area contributed by atoms with Crippen LogP contribution in [0.2, 0.25) is 0 Å². The summed E-state index contributed by atoms with van der Waals surface area (Å²) in [6, 6.07) is 0. The average molecular weight is 270 g/mol. The predicted molar refractivity (Wildman–Crippen MR) is 55.8 cm³/mol. The average Bonchev–Trinajstić information content (AvgIpc) is 1.84. The van der Waals surface area contributed by atoms with Gasteiger partial charge in [0.15, 0.2) is 0 Å². The Hall–Kier alpha value is 0.220. The molecule has 0 spiro atoms. The van der Waals surface area contributed by atoms with Crippen LogP contribution in [0.4, 0.5) is 0 Å².